The molecule has 3 heterocycles. The van der Waals surface area contributed by atoms with Gasteiger partial charge in [-0.3, -0.25) is 0 Å². The van der Waals surface area contributed by atoms with Crippen LogP contribution in [0.4, 0.5) is 5.82 Å². The van der Waals surface area contributed by atoms with Gasteiger partial charge in [0.2, 0.25) is 0 Å². The number of imidazole rings is 1. The zero-order valence-corrected chi connectivity index (χ0v) is 8.61. The lowest BCUT2D eigenvalue weighted by molar-refractivity contribution is 0.946. The third kappa shape index (κ3) is 1.37. The van der Waals surface area contributed by atoms with Crippen molar-refractivity contribution < 1.29 is 0 Å². The van der Waals surface area contributed by atoms with Crippen LogP contribution in [0, 0.1) is 0 Å². The summed E-state index contributed by atoms with van der Waals surface area (Å²) in [4.78, 5) is 5.59. The average molecular weight is 216 g/mol. The Morgan fingerprint density at radius 3 is 3.00 bits per heavy atom. The van der Waals surface area contributed by atoms with E-state index in [1.54, 1.807) is 21.9 Å². The van der Waals surface area contributed by atoms with E-state index in [0.717, 1.165) is 16.2 Å². The van der Waals surface area contributed by atoms with Gasteiger partial charge in [0.15, 0.2) is 5.65 Å². The molecule has 0 unspecified atom stereocenters. The second-order valence-corrected chi connectivity index (χ2v) is 4.11. The summed E-state index contributed by atoms with van der Waals surface area (Å²) in [6.07, 6.45) is 1.89. The molecular formula is C10H8N4S. The number of thiophene rings is 1. The summed E-state index contributed by atoms with van der Waals surface area (Å²) in [6, 6.07) is 7.65. The maximum Gasteiger partial charge on any atom is 0.154 e. The minimum Gasteiger partial charge on any atom is -0.382 e. The lowest BCUT2D eigenvalue weighted by Gasteiger charge is -1.91. The first-order valence-electron chi connectivity index (χ1n) is 4.49. The molecule has 0 amide bonds. The molecule has 3 rings (SSSR count). The minimum atomic E-state index is 0.498. The smallest absolute Gasteiger partial charge is 0.154 e. The highest BCUT2D eigenvalue weighted by molar-refractivity contribution is 7.13. The highest BCUT2D eigenvalue weighted by atomic mass is 32.1. The standard InChI is InChI=1S/C10H8N4S/c11-9-3-4-10-12-7(6-14(10)13-9)8-2-1-5-15-8/h1-6H,(H2,11,13). The highest BCUT2D eigenvalue weighted by Crippen LogP contribution is 2.23. The van der Waals surface area contributed by atoms with Crippen molar-refractivity contribution in [2.45, 2.75) is 0 Å². The van der Waals surface area contributed by atoms with E-state index in [0.29, 0.717) is 5.82 Å². The molecule has 0 aliphatic rings. The van der Waals surface area contributed by atoms with Crippen LogP contribution in [0.3, 0.4) is 0 Å². The SMILES string of the molecule is Nc1ccc2nc(-c3cccs3)cn2n1. The van der Waals surface area contributed by atoms with Crippen molar-refractivity contribution in [3.63, 3.8) is 0 Å². The predicted molar refractivity (Wildman–Crippen MR) is 60.7 cm³/mol. The Kier molecular flexibility index (Phi) is 1.72. The monoisotopic (exact) mass is 216 g/mol. The topological polar surface area (TPSA) is 56.2 Å². The lowest BCUT2D eigenvalue weighted by Crippen LogP contribution is -1.95. The molecule has 15 heavy (non-hydrogen) atoms. The summed E-state index contributed by atoms with van der Waals surface area (Å²) in [5, 5.41) is 6.17. The number of nitrogens with zero attached hydrogens (tertiary/aromatic N) is 3. The number of hydrogen-bond acceptors (Lipinski definition) is 4. The van der Waals surface area contributed by atoms with Gasteiger partial charge in [-0.1, -0.05) is 6.07 Å². The fraction of sp³-hybridized carbons (Fsp3) is 0. The second kappa shape index (κ2) is 3.06. The summed E-state index contributed by atoms with van der Waals surface area (Å²) < 4.78 is 1.70. The molecule has 0 atom stereocenters. The molecule has 0 aliphatic heterocycles. The van der Waals surface area contributed by atoms with Crippen molar-refractivity contribution in [2.24, 2.45) is 0 Å². The maximum absolute atomic E-state index is 5.59. The number of anilines is 1. The first-order chi connectivity index (χ1) is 7.33. The van der Waals surface area contributed by atoms with E-state index < -0.39 is 0 Å². The van der Waals surface area contributed by atoms with Crippen LogP contribution in [0.1, 0.15) is 0 Å². The van der Waals surface area contributed by atoms with Gasteiger partial charge in [0.05, 0.1) is 11.1 Å². The number of nitrogens with two attached hydrogens (primary N) is 1. The Morgan fingerprint density at radius 2 is 2.20 bits per heavy atom. The van der Waals surface area contributed by atoms with Gasteiger partial charge in [0.1, 0.15) is 11.5 Å². The zero-order chi connectivity index (χ0) is 10.3. The van der Waals surface area contributed by atoms with E-state index >= 15 is 0 Å². The van der Waals surface area contributed by atoms with Crippen molar-refractivity contribution in [2.75, 3.05) is 5.73 Å². The van der Waals surface area contributed by atoms with Crippen LogP contribution in [-0.2, 0) is 0 Å². The minimum absolute atomic E-state index is 0.498. The molecule has 3 aromatic heterocycles. The maximum atomic E-state index is 5.59. The number of fused-ring (bicyclic) bond motifs is 1. The molecule has 4 nitrogen and oxygen atoms in total. The van der Waals surface area contributed by atoms with Crippen LogP contribution in [0.2, 0.25) is 0 Å². The first-order valence-corrected chi connectivity index (χ1v) is 5.37. The molecule has 0 bridgehead atoms. The molecule has 0 fully saturated rings. The van der Waals surface area contributed by atoms with Gasteiger partial charge >= 0.3 is 0 Å². The lowest BCUT2D eigenvalue weighted by atomic mass is 10.4. The van der Waals surface area contributed by atoms with Gasteiger partial charge in [-0.05, 0) is 23.6 Å². The van der Waals surface area contributed by atoms with Crippen molar-refractivity contribution in [1.29, 1.82) is 0 Å². The quantitative estimate of drug-likeness (QED) is 0.677. The molecule has 2 N–H and O–H groups in total. The molecular weight excluding hydrogens is 208 g/mol. The van der Waals surface area contributed by atoms with Crippen LogP contribution in [0.5, 0.6) is 0 Å². The van der Waals surface area contributed by atoms with Crippen LogP contribution in [-0.4, -0.2) is 14.6 Å². The summed E-state index contributed by atoms with van der Waals surface area (Å²) in [7, 11) is 0. The molecule has 0 spiro atoms. The average Bonchev–Trinajstić information content (AvgIpc) is 2.84. The Bertz CT molecular complexity index is 597. The van der Waals surface area contributed by atoms with Gasteiger partial charge in [0.25, 0.3) is 0 Å². The Labute approximate surface area is 90.0 Å². The molecule has 0 radical (unpaired) electrons. The van der Waals surface area contributed by atoms with Crippen molar-refractivity contribution in [3.05, 3.63) is 35.8 Å². The Hall–Kier alpha value is -1.88. The van der Waals surface area contributed by atoms with E-state index in [2.05, 4.69) is 10.1 Å². The van der Waals surface area contributed by atoms with Crippen molar-refractivity contribution in [1.82, 2.24) is 14.6 Å². The van der Waals surface area contributed by atoms with Crippen LogP contribution < -0.4 is 5.73 Å². The van der Waals surface area contributed by atoms with E-state index in [9.17, 15) is 0 Å². The van der Waals surface area contributed by atoms with Gasteiger partial charge < -0.3 is 5.73 Å². The van der Waals surface area contributed by atoms with Gasteiger partial charge in [-0.25, -0.2) is 9.50 Å². The molecule has 0 aromatic carbocycles. The summed E-state index contributed by atoms with van der Waals surface area (Å²) in [6.45, 7) is 0. The number of rotatable bonds is 1. The van der Waals surface area contributed by atoms with Gasteiger partial charge in [-0.2, -0.15) is 0 Å². The summed E-state index contributed by atoms with van der Waals surface area (Å²) in [5.41, 5.74) is 7.34. The number of nitrogen functional groups attached to an aromatic ring is 1. The molecule has 0 saturated carbocycles. The van der Waals surface area contributed by atoms with E-state index in [-0.39, 0.29) is 0 Å². The normalized spacial score (nSPS) is 10.9. The number of aromatic nitrogens is 3. The van der Waals surface area contributed by atoms with E-state index in [1.165, 1.54) is 0 Å². The third-order valence-corrected chi connectivity index (χ3v) is 3.01. The Balaban J connectivity index is 2.22. The fourth-order valence-electron chi connectivity index (χ4n) is 1.44. The second-order valence-electron chi connectivity index (χ2n) is 3.16. The molecule has 74 valence electrons. The number of hydrogen-bond donors (Lipinski definition) is 1. The Morgan fingerprint density at radius 1 is 1.27 bits per heavy atom. The first kappa shape index (κ1) is 8.43. The fourth-order valence-corrected chi connectivity index (χ4v) is 2.12. The zero-order valence-electron chi connectivity index (χ0n) is 7.79. The van der Waals surface area contributed by atoms with Crippen LogP contribution in [0.25, 0.3) is 16.2 Å². The third-order valence-electron chi connectivity index (χ3n) is 2.11. The molecule has 5 heteroatoms. The molecule has 0 saturated heterocycles. The van der Waals surface area contributed by atoms with Crippen LogP contribution >= 0.6 is 11.3 Å². The predicted octanol–water partition coefficient (Wildman–Crippen LogP) is 2.04. The van der Waals surface area contributed by atoms with Gasteiger partial charge in [0, 0.05) is 0 Å². The summed E-state index contributed by atoms with van der Waals surface area (Å²) in [5.74, 6) is 0.498. The van der Waals surface area contributed by atoms with Gasteiger partial charge in [-0.15, -0.1) is 16.4 Å². The van der Waals surface area contributed by atoms with Crippen molar-refractivity contribution in [3.8, 4) is 10.6 Å². The highest BCUT2D eigenvalue weighted by Gasteiger charge is 2.05. The van der Waals surface area contributed by atoms with E-state index in [4.69, 9.17) is 5.73 Å². The van der Waals surface area contributed by atoms with Crippen molar-refractivity contribution >= 4 is 22.8 Å². The summed E-state index contributed by atoms with van der Waals surface area (Å²) >= 11 is 1.66. The van der Waals surface area contributed by atoms with Crippen LogP contribution in [0.15, 0.2) is 35.8 Å². The van der Waals surface area contributed by atoms with E-state index in [1.807, 2.05) is 29.8 Å². The largest absolute Gasteiger partial charge is 0.382 e. The molecule has 0 aliphatic carbocycles. The molecule has 3 aromatic rings.